The van der Waals surface area contributed by atoms with Gasteiger partial charge in [0.25, 0.3) is 0 Å². The zero-order valence-corrected chi connectivity index (χ0v) is 23.2. The van der Waals surface area contributed by atoms with Gasteiger partial charge < -0.3 is 50.0 Å². The summed E-state index contributed by atoms with van der Waals surface area (Å²) in [6.45, 7) is 3.64. The van der Waals surface area contributed by atoms with Crippen molar-refractivity contribution < 1.29 is 54.8 Å². The minimum atomic E-state index is -1.54. The predicted molar refractivity (Wildman–Crippen MR) is 137 cm³/mol. The predicted octanol–water partition coefficient (Wildman–Crippen LogP) is -0.486. The second kappa shape index (κ2) is 9.68. The van der Waals surface area contributed by atoms with Crippen LogP contribution in [0.3, 0.4) is 0 Å². The van der Waals surface area contributed by atoms with E-state index in [0.717, 1.165) is 5.57 Å². The molecule has 6 aliphatic rings. The fourth-order valence-corrected chi connectivity index (χ4v) is 9.83. The van der Waals surface area contributed by atoms with Crippen molar-refractivity contribution in [3.05, 3.63) is 11.6 Å². The van der Waals surface area contributed by atoms with Crippen LogP contribution in [0.25, 0.3) is 0 Å². The lowest BCUT2D eigenvalue weighted by atomic mass is 9.41. The summed E-state index contributed by atoms with van der Waals surface area (Å²) in [4.78, 5) is 11.8. The van der Waals surface area contributed by atoms with E-state index in [-0.39, 0.29) is 36.8 Å². The van der Waals surface area contributed by atoms with Crippen molar-refractivity contribution in [1.82, 2.24) is 0 Å². The van der Waals surface area contributed by atoms with Crippen LogP contribution in [0, 0.1) is 28.6 Å². The van der Waals surface area contributed by atoms with Crippen molar-refractivity contribution in [2.75, 3.05) is 13.2 Å². The highest BCUT2D eigenvalue weighted by Crippen LogP contribution is 2.70. The Balaban J connectivity index is 1.21. The first-order chi connectivity index (χ1) is 18.8. The minimum absolute atomic E-state index is 0.127. The first-order valence-corrected chi connectivity index (χ1v) is 14.7. The van der Waals surface area contributed by atoms with Gasteiger partial charge in [0.15, 0.2) is 6.29 Å². The molecule has 226 valence electrons. The number of rotatable bonds is 4. The molecule has 0 spiro atoms. The van der Waals surface area contributed by atoms with E-state index in [1.54, 1.807) is 0 Å². The summed E-state index contributed by atoms with van der Waals surface area (Å²) in [7, 11) is 0. The zero-order chi connectivity index (χ0) is 28.8. The van der Waals surface area contributed by atoms with Crippen LogP contribution in [0.1, 0.15) is 65.2 Å². The second-order valence-electron chi connectivity index (χ2n) is 13.8. The Kier molecular flexibility index (Phi) is 7.01. The summed E-state index contributed by atoms with van der Waals surface area (Å²) >= 11 is 0. The number of fused-ring (bicyclic) bond motifs is 5. The highest BCUT2D eigenvalue weighted by atomic mass is 16.7. The van der Waals surface area contributed by atoms with E-state index in [1.807, 2.05) is 13.8 Å². The van der Waals surface area contributed by atoms with Gasteiger partial charge in [0.1, 0.15) is 31.0 Å². The van der Waals surface area contributed by atoms with Crippen molar-refractivity contribution >= 4 is 5.97 Å². The lowest BCUT2D eigenvalue weighted by Gasteiger charge is -2.67. The molecule has 4 aliphatic carbocycles. The summed E-state index contributed by atoms with van der Waals surface area (Å²) in [5, 5.41) is 76.4. The van der Waals surface area contributed by atoms with E-state index in [0.29, 0.717) is 44.9 Å². The van der Waals surface area contributed by atoms with E-state index in [1.165, 1.54) is 6.08 Å². The maximum absolute atomic E-state index is 12.4. The summed E-state index contributed by atoms with van der Waals surface area (Å²) in [6, 6.07) is 0. The third-order valence-electron chi connectivity index (χ3n) is 12.3. The number of hydrogen-bond acceptors (Lipinski definition) is 11. The van der Waals surface area contributed by atoms with E-state index in [9.17, 15) is 40.5 Å². The van der Waals surface area contributed by atoms with Crippen LogP contribution in [-0.4, -0.2) is 109 Å². The van der Waals surface area contributed by atoms with Crippen LogP contribution in [0.4, 0.5) is 0 Å². The van der Waals surface area contributed by atoms with Crippen LogP contribution >= 0.6 is 0 Å². The quantitative estimate of drug-likeness (QED) is 0.171. The molecule has 14 atom stereocenters. The van der Waals surface area contributed by atoms with Gasteiger partial charge >= 0.3 is 5.97 Å². The maximum atomic E-state index is 12.4. The monoisotopic (exact) mass is 568 g/mol. The SMILES string of the molecule is C[C@]12[C@H](O)CC3C(CC[C@]4(O)C[C@@H](O[C@@H]5O[C@H](CO)[C@@H](O)[C@H](O)[C@H]5O)CC[C@]34C)[C@@]1(O)CC[C@@H]2C1=CC(=O)OC1. The normalized spacial score (nSPS) is 56.1. The maximum Gasteiger partial charge on any atom is 0.331 e. The smallest absolute Gasteiger partial charge is 0.331 e. The molecule has 0 bridgehead atoms. The van der Waals surface area contributed by atoms with Crippen molar-refractivity contribution in [2.24, 2.45) is 28.6 Å². The van der Waals surface area contributed by atoms with Gasteiger partial charge in [0.05, 0.1) is 30.0 Å². The van der Waals surface area contributed by atoms with Crippen LogP contribution in [0.15, 0.2) is 11.6 Å². The van der Waals surface area contributed by atoms with Gasteiger partial charge in [0, 0.05) is 17.9 Å². The summed E-state index contributed by atoms with van der Waals surface area (Å²) < 4.78 is 16.8. The molecule has 0 aromatic carbocycles. The van der Waals surface area contributed by atoms with Gasteiger partial charge in [-0.15, -0.1) is 0 Å². The molecule has 1 saturated heterocycles. The van der Waals surface area contributed by atoms with E-state index < -0.39 is 71.6 Å². The average molecular weight is 569 g/mol. The first kappa shape index (κ1) is 28.9. The largest absolute Gasteiger partial charge is 0.458 e. The Labute approximate surface area is 233 Å². The van der Waals surface area contributed by atoms with Crippen LogP contribution in [0.2, 0.25) is 0 Å². The lowest BCUT2D eigenvalue weighted by Crippen LogP contribution is -2.70. The molecule has 2 heterocycles. The van der Waals surface area contributed by atoms with E-state index in [2.05, 4.69) is 0 Å². The Morgan fingerprint density at radius 1 is 0.975 bits per heavy atom. The third kappa shape index (κ3) is 3.85. The molecule has 2 unspecified atom stereocenters. The second-order valence-corrected chi connectivity index (χ2v) is 13.8. The van der Waals surface area contributed by atoms with Gasteiger partial charge in [-0.3, -0.25) is 0 Å². The molecule has 5 fully saturated rings. The average Bonchev–Trinajstić information content (AvgIpc) is 3.46. The fraction of sp³-hybridized carbons (Fsp3) is 0.897. The van der Waals surface area contributed by atoms with Crippen LogP contribution < -0.4 is 0 Å². The lowest BCUT2D eigenvalue weighted by molar-refractivity contribution is -0.326. The van der Waals surface area contributed by atoms with Gasteiger partial charge in [-0.2, -0.15) is 0 Å². The topological polar surface area (TPSA) is 186 Å². The standard InChI is InChI=1S/C29H44O11/c1-26-6-3-15(39-25-24(35)23(34)22(33)19(12-30)40-25)11-28(26,36)7-4-17-18(26)10-20(31)27(2)16(5-8-29(17,27)37)14-9-21(32)38-13-14/h9,15-20,22-25,30-31,33-37H,3-8,10-13H2,1-2H3/t15-,16+,17?,18?,19+,20+,22+,23-,24+,25+,26+,27-,28-,29-/m0/s1. The molecule has 40 heavy (non-hydrogen) atoms. The molecule has 6 rings (SSSR count). The molecule has 0 aromatic heterocycles. The van der Waals surface area contributed by atoms with Gasteiger partial charge in [-0.05, 0) is 73.7 Å². The molecule has 0 radical (unpaired) electrons. The minimum Gasteiger partial charge on any atom is -0.458 e. The van der Waals surface area contributed by atoms with Gasteiger partial charge in [0.2, 0.25) is 0 Å². The molecule has 0 aromatic rings. The Bertz CT molecular complexity index is 1050. The molecular weight excluding hydrogens is 524 g/mol. The Morgan fingerprint density at radius 2 is 1.73 bits per heavy atom. The molecule has 11 heteroatoms. The number of cyclic esters (lactones) is 1. The number of carbonyl (C=O) groups excluding carboxylic acids is 1. The molecular formula is C29H44O11. The number of ether oxygens (including phenoxy) is 3. The van der Waals surface area contributed by atoms with Crippen molar-refractivity contribution in [3.8, 4) is 0 Å². The summed E-state index contributed by atoms with van der Waals surface area (Å²) in [6.07, 6.45) is -2.74. The molecule has 4 saturated carbocycles. The number of esters is 1. The highest BCUT2D eigenvalue weighted by molar-refractivity contribution is 5.85. The Hall–Kier alpha value is -1.15. The van der Waals surface area contributed by atoms with E-state index in [4.69, 9.17) is 14.2 Å². The summed E-state index contributed by atoms with van der Waals surface area (Å²) in [5.41, 5.74) is -2.90. The van der Waals surface area contributed by atoms with Gasteiger partial charge in [-0.25, -0.2) is 4.79 Å². The van der Waals surface area contributed by atoms with Crippen molar-refractivity contribution in [2.45, 2.75) is 119 Å². The zero-order valence-electron chi connectivity index (χ0n) is 23.2. The van der Waals surface area contributed by atoms with Crippen molar-refractivity contribution in [3.63, 3.8) is 0 Å². The molecule has 0 amide bonds. The molecule has 2 aliphatic heterocycles. The first-order valence-electron chi connectivity index (χ1n) is 14.7. The van der Waals surface area contributed by atoms with Gasteiger partial charge in [-0.1, -0.05) is 13.8 Å². The molecule has 7 N–H and O–H groups in total. The van der Waals surface area contributed by atoms with Crippen molar-refractivity contribution in [1.29, 1.82) is 0 Å². The molecule has 11 nitrogen and oxygen atoms in total. The number of carbonyl (C=O) groups is 1. The fourth-order valence-electron chi connectivity index (χ4n) is 9.83. The number of hydrogen-bond donors (Lipinski definition) is 7. The number of aliphatic hydroxyl groups excluding tert-OH is 5. The third-order valence-corrected chi connectivity index (χ3v) is 12.3. The van der Waals surface area contributed by atoms with Crippen LogP contribution in [-0.2, 0) is 19.0 Å². The number of aliphatic hydroxyl groups is 7. The highest BCUT2D eigenvalue weighted by Gasteiger charge is 2.73. The summed E-state index contributed by atoms with van der Waals surface area (Å²) in [5.74, 6) is -0.800. The Morgan fingerprint density at radius 3 is 2.40 bits per heavy atom. The van der Waals surface area contributed by atoms with Crippen LogP contribution in [0.5, 0.6) is 0 Å². The van der Waals surface area contributed by atoms with E-state index >= 15 is 0 Å².